The number of likely N-dealkylation sites (N-methyl/N-ethyl adjacent to an activating group) is 2. The molecule has 0 aliphatic carbocycles. The van der Waals surface area contributed by atoms with Gasteiger partial charge in [-0.1, -0.05) is 0 Å². The first-order valence-corrected chi connectivity index (χ1v) is 5.82. The van der Waals surface area contributed by atoms with E-state index in [0.29, 0.717) is 11.0 Å². The lowest BCUT2D eigenvalue weighted by molar-refractivity contribution is -0.873. The molecule has 10 heteroatoms. The number of quaternary nitrogens is 1. The summed E-state index contributed by atoms with van der Waals surface area (Å²) in [7, 11) is 7.16. The molecule has 0 aromatic rings. The first kappa shape index (κ1) is 24.4. The maximum absolute atomic E-state index is 10.1. The third kappa shape index (κ3) is 20.9. The molecule has 21 heavy (non-hydrogen) atoms. The highest BCUT2D eigenvalue weighted by atomic mass is 35.5. The first-order chi connectivity index (χ1) is 8.85. The summed E-state index contributed by atoms with van der Waals surface area (Å²) >= 11 is 0. The van der Waals surface area contributed by atoms with Gasteiger partial charge < -0.3 is 30.4 Å². The van der Waals surface area contributed by atoms with Gasteiger partial charge in [-0.3, -0.25) is 15.0 Å². The Labute approximate surface area is 130 Å². The number of hydrogen-bond donors (Lipinski definition) is 5. The fourth-order valence-corrected chi connectivity index (χ4v) is 1.19. The van der Waals surface area contributed by atoms with Crippen LogP contribution < -0.4 is 5.73 Å². The predicted molar refractivity (Wildman–Crippen MR) is 80.6 cm³/mol. The van der Waals surface area contributed by atoms with Crippen LogP contribution in [0.4, 0.5) is 0 Å². The maximum atomic E-state index is 10.1. The van der Waals surface area contributed by atoms with E-state index in [1.165, 1.54) is 7.05 Å². The third-order valence-corrected chi connectivity index (χ3v) is 1.95. The Morgan fingerprint density at radius 2 is 1.67 bits per heavy atom. The van der Waals surface area contributed by atoms with Gasteiger partial charge in [0.1, 0.15) is 19.2 Å². The van der Waals surface area contributed by atoms with E-state index in [1.807, 2.05) is 21.1 Å². The summed E-state index contributed by atoms with van der Waals surface area (Å²) < 4.78 is 0.578. The molecule has 0 bridgehead atoms. The highest BCUT2D eigenvalue weighted by Crippen LogP contribution is 1.98. The fourth-order valence-electron chi connectivity index (χ4n) is 1.19. The summed E-state index contributed by atoms with van der Waals surface area (Å²) in [6.45, 7) is 0.238. The topological polar surface area (TPSA) is 148 Å². The van der Waals surface area contributed by atoms with Crippen molar-refractivity contribution in [3.63, 3.8) is 0 Å². The summed E-state index contributed by atoms with van der Waals surface area (Å²) in [4.78, 5) is 21.2. The van der Waals surface area contributed by atoms with Crippen LogP contribution in [-0.4, -0.2) is 90.0 Å². The quantitative estimate of drug-likeness (QED) is 0.234. The van der Waals surface area contributed by atoms with Crippen LogP contribution >= 0.6 is 12.4 Å². The number of rotatable bonds is 6. The molecule has 9 nitrogen and oxygen atoms in total. The van der Waals surface area contributed by atoms with Gasteiger partial charge >= 0.3 is 11.9 Å². The highest BCUT2D eigenvalue weighted by molar-refractivity contribution is 5.85. The number of guanidine groups is 1. The van der Waals surface area contributed by atoms with Crippen LogP contribution in [0.2, 0.25) is 0 Å². The molecule has 0 aliphatic rings. The minimum Gasteiger partial charge on any atom is -0.481 e. The van der Waals surface area contributed by atoms with Gasteiger partial charge in [-0.05, 0) is 0 Å². The number of halogens is 1. The zero-order valence-electron chi connectivity index (χ0n) is 12.7. The number of aliphatic hydroxyl groups excluding tert-OH is 1. The second-order valence-corrected chi connectivity index (χ2v) is 5.36. The van der Waals surface area contributed by atoms with Gasteiger partial charge in [0.2, 0.25) is 0 Å². The molecule has 0 saturated carbocycles. The number of nitrogens with one attached hydrogen (secondary N) is 1. The highest BCUT2D eigenvalue weighted by Gasteiger charge is 2.17. The van der Waals surface area contributed by atoms with E-state index in [0.717, 1.165) is 4.90 Å². The molecular weight excluding hydrogens is 304 g/mol. The van der Waals surface area contributed by atoms with Crippen LogP contribution in [0.15, 0.2) is 0 Å². The zero-order chi connectivity index (χ0) is 16.5. The average Bonchev–Trinajstić information content (AvgIpc) is 2.12. The van der Waals surface area contributed by atoms with Gasteiger partial charge in [-0.15, -0.1) is 12.4 Å². The minimum absolute atomic E-state index is 0. The van der Waals surface area contributed by atoms with Crippen LogP contribution in [0.25, 0.3) is 0 Å². The van der Waals surface area contributed by atoms with E-state index in [-0.39, 0.29) is 31.3 Å². The van der Waals surface area contributed by atoms with Crippen molar-refractivity contribution in [3.8, 4) is 0 Å². The summed E-state index contributed by atoms with van der Waals surface area (Å²) in [6, 6.07) is 0. The largest absolute Gasteiger partial charge is 0.481 e. The molecule has 0 aromatic carbocycles. The van der Waals surface area contributed by atoms with Crippen molar-refractivity contribution in [2.45, 2.75) is 12.5 Å². The number of carbonyl (C=O) groups is 2. The second kappa shape index (κ2) is 11.1. The van der Waals surface area contributed by atoms with Crippen molar-refractivity contribution < 1.29 is 29.4 Å². The van der Waals surface area contributed by atoms with E-state index in [1.54, 1.807) is 0 Å². The summed E-state index contributed by atoms with van der Waals surface area (Å²) in [5, 5.41) is 32.3. The average molecular weight is 330 g/mol. The van der Waals surface area contributed by atoms with E-state index in [2.05, 4.69) is 0 Å². The van der Waals surface area contributed by atoms with Gasteiger partial charge in [-0.2, -0.15) is 0 Å². The minimum atomic E-state index is -0.993. The lowest BCUT2D eigenvalue weighted by atomic mass is 10.2. The monoisotopic (exact) mass is 329 g/mol. The summed E-state index contributed by atoms with van der Waals surface area (Å²) in [6.07, 6.45) is -0.914. The lowest BCUT2D eigenvalue weighted by Crippen LogP contribution is -2.42. The normalized spacial score (nSPS) is 11.3. The van der Waals surface area contributed by atoms with Crippen molar-refractivity contribution >= 4 is 30.3 Å². The molecule has 0 rings (SSSR count). The smallest absolute Gasteiger partial charge is 0.323 e. The van der Waals surface area contributed by atoms with Crippen LogP contribution in [0.5, 0.6) is 0 Å². The molecule has 6 N–H and O–H groups in total. The van der Waals surface area contributed by atoms with Crippen molar-refractivity contribution in [1.82, 2.24) is 4.90 Å². The van der Waals surface area contributed by atoms with Gasteiger partial charge in [-0.25, -0.2) is 0 Å². The predicted octanol–water partition coefficient (Wildman–Crippen LogP) is -1.15. The van der Waals surface area contributed by atoms with E-state index in [9.17, 15) is 9.59 Å². The number of hydrogen-bond acceptors (Lipinski definition) is 4. The van der Waals surface area contributed by atoms with Crippen LogP contribution in [0.1, 0.15) is 6.42 Å². The lowest BCUT2D eigenvalue weighted by Gasteiger charge is -2.25. The molecule has 0 fully saturated rings. The van der Waals surface area contributed by atoms with Crippen molar-refractivity contribution in [2.75, 3.05) is 41.3 Å². The van der Waals surface area contributed by atoms with E-state index >= 15 is 0 Å². The number of aliphatic carboxylic acids is 2. The SMILES string of the molecule is CN(CC(=O)O)C(=N)N.C[N+](C)(C)C[C@H](O)CC(=O)O.Cl. The summed E-state index contributed by atoms with van der Waals surface area (Å²) in [5.41, 5.74) is 4.93. The van der Waals surface area contributed by atoms with Crippen molar-refractivity contribution in [3.05, 3.63) is 0 Å². The molecule has 0 saturated heterocycles. The van der Waals surface area contributed by atoms with Gasteiger partial charge in [0.25, 0.3) is 0 Å². The number of nitrogens with zero attached hydrogens (tertiary/aromatic N) is 2. The van der Waals surface area contributed by atoms with E-state index < -0.39 is 18.0 Å². The van der Waals surface area contributed by atoms with Gasteiger partial charge in [0.15, 0.2) is 5.96 Å². The molecule has 126 valence electrons. The van der Waals surface area contributed by atoms with Crippen molar-refractivity contribution in [1.29, 1.82) is 5.41 Å². The molecule has 0 heterocycles. The number of carboxylic acids is 2. The zero-order valence-corrected chi connectivity index (χ0v) is 13.6. The molecule has 0 amide bonds. The fraction of sp³-hybridized carbons (Fsp3) is 0.727. The Hall–Kier alpha value is -1.58. The molecule has 0 unspecified atom stereocenters. The van der Waals surface area contributed by atoms with Crippen molar-refractivity contribution in [2.24, 2.45) is 5.73 Å². The molecular formula is C11H26ClN4O5+. The number of carboxylic acid groups (broad SMARTS) is 2. The maximum Gasteiger partial charge on any atom is 0.323 e. The van der Waals surface area contributed by atoms with E-state index in [4.69, 9.17) is 26.5 Å². The Morgan fingerprint density at radius 1 is 1.24 bits per heavy atom. The molecule has 0 aliphatic heterocycles. The van der Waals surface area contributed by atoms with Crippen LogP contribution in [-0.2, 0) is 9.59 Å². The van der Waals surface area contributed by atoms with Gasteiger partial charge in [0, 0.05) is 7.05 Å². The molecule has 0 spiro atoms. The Morgan fingerprint density at radius 3 is 1.86 bits per heavy atom. The Bertz CT molecular complexity index is 346. The first-order valence-electron chi connectivity index (χ1n) is 5.82. The number of aliphatic hydroxyl groups is 1. The molecule has 0 radical (unpaired) electrons. The third-order valence-electron chi connectivity index (χ3n) is 1.95. The van der Waals surface area contributed by atoms with Crippen LogP contribution in [0.3, 0.4) is 0 Å². The van der Waals surface area contributed by atoms with Gasteiger partial charge in [0.05, 0.1) is 27.6 Å². The Balaban J connectivity index is -0.000000300. The van der Waals surface area contributed by atoms with Crippen LogP contribution in [0, 0.1) is 5.41 Å². The molecule has 0 aromatic heterocycles. The molecule has 1 atom stereocenters. The second-order valence-electron chi connectivity index (χ2n) is 5.36. The standard InChI is InChI=1S/C7H15NO3.C4H9N3O2.ClH/c1-8(2,3)5-6(9)4-7(10)11;1-7(4(5)6)2-3(8)9;/h6,9H,4-5H2,1-3H3;2H2,1H3,(H3,5,6)(H,8,9);1H/p+1/t6-;;/m1../s1. The summed E-state index contributed by atoms with van der Waals surface area (Å²) in [5.74, 6) is -2.18. The number of nitrogens with two attached hydrogens (primary N) is 1. The Kier molecular flexibility index (Phi) is 12.9.